The van der Waals surface area contributed by atoms with Gasteiger partial charge in [-0.25, -0.2) is 9.37 Å². The van der Waals surface area contributed by atoms with Crippen molar-refractivity contribution in [3.63, 3.8) is 0 Å². The lowest BCUT2D eigenvalue weighted by Crippen LogP contribution is -2.13. The number of aromatic nitrogens is 1. The maximum absolute atomic E-state index is 13.4. The van der Waals surface area contributed by atoms with Gasteiger partial charge in [0, 0.05) is 0 Å². The predicted molar refractivity (Wildman–Crippen MR) is 90.0 cm³/mol. The highest BCUT2D eigenvalue weighted by Gasteiger charge is 2.16. The Bertz CT molecular complexity index is 905. The van der Waals surface area contributed by atoms with Gasteiger partial charge in [-0.05, 0) is 49.2 Å². The van der Waals surface area contributed by atoms with E-state index in [0.29, 0.717) is 10.9 Å². The summed E-state index contributed by atoms with van der Waals surface area (Å²) in [6.07, 6.45) is 0. The van der Waals surface area contributed by atoms with Crippen molar-refractivity contribution in [3.05, 3.63) is 52.8 Å². The van der Waals surface area contributed by atoms with E-state index in [0.717, 1.165) is 27.4 Å². The maximum atomic E-state index is 13.4. The number of nitrogens with one attached hydrogen (secondary N) is 1. The highest BCUT2D eigenvalue weighted by molar-refractivity contribution is 7.22. The number of methoxy groups -OCH3 is 1. The molecule has 1 heterocycles. The molecule has 118 valence electrons. The molecule has 4 nitrogen and oxygen atoms in total. The number of rotatable bonds is 3. The number of nitrogens with zero attached hydrogens (tertiary/aromatic N) is 1. The molecular formula is C17H15FN2O2S. The largest absolute Gasteiger partial charge is 0.496 e. The normalized spacial score (nSPS) is 10.8. The fraction of sp³-hybridized carbons (Fsp3) is 0.176. The Kier molecular flexibility index (Phi) is 4.00. The molecule has 3 rings (SSSR count). The third-order valence-corrected chi connectivity index (χ3v) is 4.37. The molecule has 0 saturated heterocycles. The number of carbonyl (C=O) groups is 1. The molecule has 1 aromatic heterocycles. The number of hydrogen-bond acceptors (Lipinski definition) is 4. The lowest BCUT2D eigenvalue weighted by molar-refractivity contribution is 0.102. The Morgan fingerprint density at radius 2 is 2.04 bits per heavy atom. The minimum atomic E-state index is -0.494. The Hall–Kier alpha value is -2.47. The molecule has 0 atom stereocenters. The van der Waals surface area contributed by atoms with E-state index in [9.17, 15) is 9.18 Å². The summed E-state index contributed by atoms with van der Waals surface area (Å²) < 4.78 is 19.5. The number of thiazole rings is 1. The van der Waals surface area contributed by atoms with Crippen LogP contribution < -0.4 is 10.1 Å². The number of carbonyl (C=O) groups excluding carboxylic acids is 1. The second kappa shape index (κ2) is 5.96. The molecule has 0 spiro atoms. The summed E-state index contributed by atoms with van der Waals surface area (Å²) in [6, 6.07) is 7.90. The van der Waals surface area contributed by atoms with E-state index < -0.39 is 11.7 Å². The van der Waals surface area contributed by atoms with Crippen LogP contribution in [0.25, 0.3) is 10.2 Å². The predicted octanol–water partition coefficient (Wildman–Crippen LogP) is 4.31. The standard InChI is InChI=1S/C17H15FN2O2S/c1-9-6-10(2)15-14(7-9)23-17(19-15)20-16(21)12-8-11(18)4-5-13(12)22-3/h4-8H,1-3H3,(H,19,20,21). The van der Waals surface area contributed by atoms with Gasteiger partial charge in [0.25, 0.3) is 5.91 Å². The zero-order valence-electron chi connectivity index (χ0n) is 12.9. The van der Waals surface area contributed by atoms with Gasteiger partial charge in [-0.15, -0.1) is 0 Å². The van der Waals surface area contributed by atoms with Crippen LogP contribution in [0.1, 0.15) is 21.5 Å². The Morgan fingerprint density at radius 1 is 1.26 bits per heavy atom. The number of halogens is 1. The van der Waals surface area contributed by atoms with Crippen molar-refractivity contribution in [2.75, 3.05) is 12.4 Å². The molecule has 6 heteroatoms. The molecule has 23 heavy (non-hydrogen) atoms. The first-order valence-electron chi connectivity index (χ1n) is 7.00. The molecular weight excluding hydrogens is 315 g/mol. The molecule has 3 aromatic rings. The van der Waals surface area contributed by atoms with Crippen molar-refractivity contribution in [2.45, 2.75) is 13.8 Å². The molecule has 0 saturated carbocycles. The van der Waals surface area contributed by atoms with Gasteiger partial charge in [0.05, 0.1) is 22.9 Å². The first kappa shape index (κ1) is 15.4. The topological polar surface area (TPSA) is 51.2 Å². The minimum absolute atomic E-state index is 0.139. The first-order valence-corrected chi connectivity index (χ1v) is 7.82. The number of anilines is 1. The molecule has 0 fully saturated rings. The van der Waals surface area contributed by atoms with Crippen LogP contribution in [0.4, 0.5) is 9.52 Å². The quantitative estimate of drug-likeness (QED) is 0.778. The monoisotopic (exact) mass is 330 g/mol. The number of hydrogen-bond donors (Lipinski definition) is 1. The van der Waals surface area contributed by atoms with Crippen LogP contribution in [0.3, 0.4) is 0 Å². The zero-order chi connectivity index (χ0) is 16.6. The summed E-state index contributed by atoms with van der Waals surface area (Å²) in [5.74, 6) is -0.626. The van der Waals surface area contributed by atoms with Gasteiger partial charge >= 0.3 is 0 Å². The molecule has 0 unspecified atom stereocenters. The Balaban J connectivity index is 1.94. The summed E-state index contributed by atoms with van der Waals surface area (Å²) in [4.78, 5) is 16.8. The number of ether oxygens (including phenoxy) is 1. The van der Waals surface area contributed by atoms with E-state index in [2.05, 4.69) is 10.3 Å². The van der Waals surface area contributed by atoms with Gasteiger partial charge < -0.3 is 4.74 Å². The van der Waals surface area contributed by atoms with Gasteiger partial charge in [0.15, 0.2) is 5.13 Å². The van der Waals surface area contributed by atoms with Crippen molar-refractivity contribution in [1.29, 1.82) is 0 Å². The van der Waals surface area contributed by atoms with Crippen molar-refractivity contribution >= 4 is 32.6 Å². The Morgan fingerprint density at radius 3 is 2.78 bits per heavy atom. The van der Waals surface area contributed by atoms with Crippen LogP contribution in [0.5, 0.6) is 5.75 Å². The molecule has 2 aromatic carbocycles. The lowest BCUT2D eigenvalue weighted by Gasteiger charge is -2.07. The second-order valence-corrected chi connectivity index (χ2v) is 6.28. The minimum Gasteiger partial charge on any atom is -0.496 e. The van der Waals surface area contributed by atoms with Gasteiger partial charge in [0.1, 0.15) is 11.6 Å². The third-order valence-electron chi connectivity index (χ3n) is 3.46. The van der Waals surface area contributed by atoms with Crippen LogP contribution in [0.2, 0.25) is 0 Å². The van der Waals surface area contributed by atoms with Gasteiger partial charge in [-0.3, -0.25) is 10.1 Å². The fourth-order valence-corrected chi connectivity index (χ4v) is 3.48. The van der Waals surface area contributed by atoms with Crippen LogP contribution >= 0.6 is 11.3 Å². The van der Waals surface area contributed by atoms with Gasteiger partial charge in [-0.2, -0.15) is 0 Å². The van der Waals surface area contributed by atoms with Crippen LogP contribution in [0, 0.1) is 19.7 Å². The highest BCUT2D eigenvalue weighted by Crippen LogP contribution is 2.30. The van der Waals surface area contributed by atoms with E-state index >= 15 is 0 Å². The fourth-order valence-electron chi connectivity index (χ4n) is 2.45. The summed E-state index contributed by atoms with van der Waals surface area (Å²) in [7, 11) is 1.44. The third kappa shape index (κ3) is 3.03. The average molecular weight is 330 g/mol. The molecule has 0 bridgehead atoms. The summed E-state index contributed by atoms with van der Waals surface area (Å²) in [5, 5.41) is 3.19. The number of benzene rings is 2. The molecule has 0 aliphatic heterocycles. The van der Waals surface area contributed by atoms with Crippen LogP contribution in [-0.4, -0.2) is 18.0 Å². The number of aryl methyl sites for hydroxylation is 2. The molecule has 1 amide bonds. The van der Waals surface area contributed by atoms with Crippen LogP contribution in [-0.2, 0) is 0 Å². The summed E-state index contributed by atoms with van der Waals surface area (Å²) >= 11 is 1.39. The Labute approximate surface area is 136 Å². The average Bonchev–Trinajstić information content (AvgIpc) is 2.89. The van der Waals surface area contributed by atoms with E-state index in [1.165, 1.54) is 30.6 Å². The van der Waals surface area contributed by atoms with Gasteiger partial charge in [0.2, 0.25) is 0 Å². The van der Waals surface area contributed by atoms with Crippen molar-refractivity contribution in [2.24, 2.45) is 0 Å². The first-order chi connectivity index (χ1) is 11.0. The van der Waals surface area contributed by atoms with Crippen molar-refractivity contribution < 1.29 is 13.9 Å². The van der Waals surface area contributed by atoms with Crippen LogP contribution in [0.15, 0.2) is 30.3 Å². The lowest BCUT2D eigenvalue weighted by atomic mass is 10.1. The van der Waals surface area contributed by atoms with E-state index in [1.807, 2.05) is 26.0 Å². The zero-order valence-corrected chi connectivity index (χ0v) is 13.8. The number of amides is 1. The van der Waals surface area contributed by atoms with E-state index in [-0.39, 0.29) is 5.56 Å². The smallest absolute Gasteiger partial charge is 0.261 e. The molecule has 0 aliphatic carbocycles. The molecule has 1 N–H and O–H groups in total. The van der Waals surface area contributed by atoms with Crippen molar-refractivity contribution in [1.82, 2.24) is 4.98 Å². The van der Waals surface area contributed by atoms with Crippen molar-refractivity contribution in [3.8, 4) is 5.75 Å². The molecule has 0 radical (unpaired) electrons. The highest BCUT2D eigenvalue weighted by atomic mass is 32.1. The van der Waals surface area contributed by atoms with E-state index in [4.69, 9.17) is 4.74 Å². The summed E-state index contributed by atoms with van der Waals surface area (Å²) in [5.41, 5.74) is 3.20. The number of fused-ring (bicyclic) bond motifs is 1. The van der Waals surface area contributed by atoms with E-state index in [1.54, 1.807) is 0 Å². The summed E-state index contributed by atoms with van der Waals surface area (Å²) in [6.45, 7) is 4.00. The second-order valence-electron chi connectivity index (χ2n) is 5.25. The SMILES string of the molecule is COc1ccc(F)cc1C(=O)Nc1nc2c(C)cc(C)cc2s1. The van der Waals surface area contributed by atoms with Gasteiger partial charge in [-0.1, -0.05) is 17.4 Å². The maximum Gasteiger partial charge on any atom is 0.261 e. The molecule has 0 aliphatic rings.